The van der Waals surface area contributed by atoms with E-state index in [0.717, 1.165) is 25.7 Å². The lowest BCUT2D eigenvalue weighted by atomic mass is 10.1. The molecule has 1 unspecified atom stereocenters. The van der Waals surface area contributed by atoms with Crippen molar-refractivity contribution in [2.24, 2.45) is 0 Å². The van der Waals surface area contributed by atoms with Gasteiger partial charge in [0.2, 0.25) is 0 Å². The lowest BCUT2D eigenvalue weighted by molar-refractivity contribution is -0.146. The molecule has 1 heterocycles. The molecule has 1 N–H and O–H groups in total. The second kappa shape index (κ2) is 14.4. The molecule has 1 aliphatic heterocycles. The van der Waals surface area contributed by atoms with Crippen LogP contribution < -0.4 is 0 Å². The Kier molecular flexibility index (Phi) is 13.0. The van der Waals surface area contributed by atoms with Crippen molar-refractivity contribution >= 4 is 13.6 Å². The van der Waals surface area contributed by atoms with E-state index in [1.54, 1.807) is 0 Å². The van der Waals surface area contributed by atoms with Gasteiger partial charge in [-0.15, -0.1) is 0 Å². The Morgan fingerprint density at radius 3 is 2.31 bits per heavy atom. The van der Waals surface area contributed by atoms with Crippen molar-refractivity contribution in [2.45, 2.75) is 96.5 Å². The SMILES string of the molecule is CCCCCC/C=C\CCCCCCCC(=O)OC[C@@H]1CCP(=O)(O)O1. The summed E-state index contributed by atoms with van der Waals surface area (Å²) in [6.07, 6.45) is 18.4. The third-order valence-corrected chi connectivity index (χ3v) is 6.07. The van der Waals surface area contributed by atoms with E-state index in [9.17, 15) is 14.3 Å². The molecule has 0 bridgehead atoms. The molecule has 152 valence electrons. The highest BCUT2D eigenvalue weighted by Gasteiger charge is 2.33. The lowest BCUT2D eigenvalue weighted by Crippen LogP contribution is -2.17. The summed E-state index contributed by atoms with van der Waals surface area (Å²) in [4.78, 5) is 20.9. The average Bonchev–Trinajstić information content (AvgIpc) is 2.96. The van der Waals surface area contributed by atoms with Crippen LogP contribution in [-0.4, -0.2) is 29.7 Å². The molecular weight excluding hydrogens is 351 g/mol. The van der Waals surface area contributed by atoms with Crippen molar-refractivity contribution in [1.82, 2.24) is 0 Å². The molecule has 2 atom stereocenters. The van der Waals surface area contributed by atoms with E-state index in [4.69, 9.17) is 9.26 Å². The standard InChI is InChI=1S/C20H37O5P/c1-2-3-4-5-6-7-8-9-10-11-12-13-14-15-20(21)24-18-19-16-17-26(22,23)25-19/h7-8,19H,2-6,9-18H2,1H3,(H,22,23)/b8-7-/t19-/m0/s1. The maximum absolute atomic E-state index is 11.6. The van der Waals surface area contributed by atoms with Crippen molar-refractivity contribution in [3.05, 3.63) is 12.2 Å². The van der Waals surface area contributed by atoms with Crippen LogP contribution in [-0.2, 0) is 18.6 Å². The molecule has 1 saturated heterocycles. The zero-order valence-electron chi connectivity index (χ0n) is 16.4. The fourth-order valence-electron chi connectivity index (χ4n) is 3.00. The Bertz CT molecular complexity index is 449. The first kappa shape index (κ1) is 23.4. The van der Waals surface area contributed by atoms with Gasteiger partial charge in [0.1, 0.15) is 12.7 Å². The fraction of sp³-hybridized carbons (Fsp3) is 0.850. The van der Waals surface area contributed by atoms with Crippen LogP contribution in [0.1, 0.15) is 90.4 Å². The first-order valence-electron chi connectivity index (χ1n) is 10.3. The highest BCUT2D eigenvalue weighted by Crippen LogP contribution is 2.50. The summed E-state index contributed by atoms with van der Waals surface area (Å²) in [5.74, 6) is -0.237. The minimum Gasteiger partial charge on any atom is -0.463 e. The number of carbonyl (C=O) groups excluding carboxylic acids is 1. The molecule has 1 fully saturated rings. The van der Waals surface area contributed by atoms with Crippen LogP contribution in [0.4, 0.5) is 0 Å². The van der Waals surface area contributed by atoms with Gasteiger partial charge in [0.15, 0.2) is 0 Å². The Hall–Kier alpha value is -0.640. The molecule has 0 radical (unpaired) electrons. The Labute approximate surface area is 159 Å². The molecule has 0 aromatic carbocycles. The van der Waals surface area contributed by atoms with Gasteiger partial charge >= 0.3 is 13.6 Å². The maximum Gasteiger partial charge on any atom is 0.328 e. The molecule has 0 saturated carbocycles. The second-order valence-corrected chi connectivity index (χ2v) is 9.12. The van der Waals surface area contributed by atoms with Crippen molar-refractivity contribution in [3.63, 3.8) is 0 Å². The summed E-state index contributed by atoms with van der Waals surface area (Å²) in [6.45, 7) is 2.33. The quantitative estimate of drug-likeness (QED) is 0.167. The van der Waals surface area contributed by atoms with Crippen LogP contribution in [0.2, 0.25) is 0 Å². The van der Waals surface area contributed by atoms with Crippen LogP contribution in [0.5, 0.6) is 0 Å². The van der Waals surface area contributed by atoms with Gasteiger partial charge in [-0.3, -0.25) is 9.36 Å². The number of allylic oxidation sites excluding steroid dienone is 2. The van der Waals surface area contributed by atoms with E-state index in [2.05, 4.69) is 19.1 Å². The summed E-state index contributed by atoms with van der Waals surface area (Å²) in [6, 6.07) is 0. The van der Waals surface area contributed by atoms with Gasteiger partial charge in [-0.2, -0.15) is 0 Å². The van der Waals surface area contributed by atoms with Crippen LogP contribution in [0.3, 0.4) is 0 Å². The number of hydrogen-bond acceptors (Lipinski definition) is 4. The Balaban J connectivity index is 1.84. The first-order valence-corrected chi connectivity index (χ1v) is 12.1. The predicted molar refractivity (Wildman–Crippen MR) is 105 cm³/mol. The van der Waals surface area contributed by atoms with Gasteiger partial charge in [-0.05, 0) is 38.5 Å². The van der Waals surface area contributed by atoms with Crippen molar-refractivity contribution < 1.29 is 23.5 Å². The normalized spacial score (nSPS) is 22.9. The third-order valence-electron chi connectivity index (χ3n) is 4.62. The van der Waals surface area contributed by atoms with E-state index >= 15 is 0 Å². The number of hydrogen-bond donors (Lipinski definition) is 1. The third kappa shape index (κ3) is 12.7. The van der Waals surface area contributed by atoms with Crippen molar-refractivity contribution in [2.75, 3.05) is 12.8 Å². The van der Waals surface area contributed by atoms with Crippen LogP contribution in [0, 0.1) is 0 Å². The van der Waals surface area contributed by atoms with Gasteiger partial charge in [-0.25, -0.2) is 0 Å². The van der Waals surface area contributed by atoms with Crippen LogP contribution >= 0.6 is 7.60 Å². The zero-order valence-corrected chi connectivity index (χ0v) is 17.3. The molecule has 6 heteroatoms. The number of ether oxygens (including phenoxy) is 1. The predicted octanol–water partition coefficient (Wildman–Crippen LogP) is 5.76. The Morgan fingerprint density at radius 2 is 1.69 bits per heavy atom. The highest BCUT2D eigenvalue weighted by atomic mass is 31.2. The number of rotatable bonds is 15. The molecule has 0 amide bonds. The smallest absolute Gasteiger partial charge is 0.328 e. The van der Waals surface area contributed by atoms with Gasteiger partial charge < -0.3 is 14.2 Å². The summed E-state index contributed by atoms with van der Waals surface area (Å²) in [5.41, 5.74) is 0. The number of carbonyl (C=O) groups is 1. The minimum atomic E-state index is -3.41. The molecule has 1 aliphatic rings. The highest BCUT2D eigenvalue weighted by molar-refractivity contribution is 7.53. The molecular formula is C20H37O5P. The van der Waals surface area contributed by atoms with Crippen LogP contribution in [0.15, 0.2) is 12.2 Å². The number of esters is 1. The summed E-state index contributed by atoms with van der Waals surface area (Å²) in [7, 11) is -3.41. The molecule has 1 rings (SSSR count). The fourth-order valence-corrected chi connectivity index (χ4v) is 4.36. The van der Waals surface area contributed by atoms with Gasteiger partial charge in [0.25, 0.3) is 0 Å². The second-order valence-electron chi connectivity index (χ2n) is 7.19. The van der Waals surface area contributed by atoms with E-state index in [1.807, 2.05) is 0 Å². The zero-order chi connectivity index (χ0) is 19.1. The first-order chi connectivity index (χ1) is 12.5. The monoisotopic (exact) mass is 388 g/mol. The summed E-state index contributed by atoms with van der Waals surface area (Å²) >= 11 is 0. The van der Waals surface area contributed by atoms with E-state index in [-0.39, 0.29) is 18.7 Å². The largest absolute Gasteiger partial charge is 0.463 e. The summed E-state index contributed by atoms with van der Waals surface area (Å²) < 4.78 is 21.3. The molecule has 0 aromatic rings. The van der Waals surface area contributed by atoms with E-state index < -0.39 is 13.7 Å². The van der Waals surface area contributed by atoms with Gasteiger partial charge in [0.05, 0.1) is 6.16 Å². The van der Waals surface area contributed by atoms with Crippen LogP contribution in [0.25, 0.3) is 0 Å². The van der Waals surface area contributed by atoms with Crippen molar-refractivity contribution in [3.8, 4) is 0 Å². The molecule has 0 aliphatic carbocycles. The Morgan fingerprint density at radius 1 is 1.08 bits per heavy atom. The van der Waals surface area contributed by atoms with Crippen molar-refractivity contribution in [1.29, 1.82) is 0 Å². The lowest BCUT2D eigenvalue weighted by Gasteiger charge is -2.10. The summed E-state index contributed by atoms with van der Waals surface area (Å²) in [5, 5.41) is 0. The molecule has 0 aromatic heterocycles. The molecule has 26 heavy (non-hydrogen) atoms. The minimum absolute atomic E-state index is 0.0914. The van der Waals surface area contributed by atoms with Gasteiger partial charge in [-0.1, -0.05) is 57.6 Å². The average molecular weight is 388 g/mol. The maximum atomic E-state index is 11.6. The number of unbranched alkanes of at least 4 members (excludes halogenated alkanes) is 9. The topological polar surface area (TPSA) is 72.8 Å². The molecule has 0 spiro atoms. The van der Waals surface area contributed by atoms with E-state index in [1.165, 1.54) is 44.9 Å². The van der Waals surface area contributed by atoms with E-state index in [0.29, 0.717) is 12.8 Å². The van der Waals surface area contributed by atoms with Gasteiger partial charge in [0, 0.05) is 6.42 Å². The molecule has 5 nitrogen and oxygen atoms in total.